The number of carboxylic acids is 1. The zero-order valence-electron chi connectivity index (χ0n) is 27.1. The van der Waals surface area contributed by atoms with Crippen molar-refractivity contribution in [1.29, 1.82) is 5.41 Å². The molecule has 1 amide bonds. The highest BCUT2D eigenvalue weighted by Gasteiger charge is 2.26. The first kappa shape index (κ1) is 38.2. The molecule has 4 aromatic rings. The number of nitro benzene ring substituents is 2. The van der Waals surface area contributed by atoms with E-state index in [1.54, 1.807) is 6.07 Å². The lowest BCUT2D eigenvalue weighted by atomic mass is 10.1. The molecule has 0 aliphatic carbocycles. The number of carboxylic acid groups (broad SMARTS) is 1. The van der Waals surface area contributed by atoms with Crippen LogP contribution in [-0.4, -0.2) is 51.6 Å². The summed E-state index contributed by atoms with van der Waals surface area (Å²) in [5.41, 5.74) is 4.56. The molecule has 13 heteroatoms. The number of nitrogens with zero attached hydrogens (tertiary/aromatic N) is 5. The molecule has 260 valence electrons. The van der Waals surface area contributed by atoms with Gasteiger partial charge >= 0.3 is 5.97 Å². The lowest BCUT2D eigenvalue weighted by Gasteiger charge is -2.19. The normalized spacial score (nSPS) is 13.2. The predicted octanol–water partition coefficient (Wildman–Crippen LogP) is 7.97. The maximum Gasteiger partial charge on any atom is 0.335 e. The summed E-state index contributed by atoms with van der Waals surface area (Å²) in [4.78, 5) is 51.1. The zero-order chi connectivity index (χ0) is 35.5. The number of nitro groups is 2. The molecule has 0 saturated carbocycles. The van der Waals surface area contributed by atoms with E-state index in [2.05, 4.69) is 35.9 Å². The van der Waals surface area contributed by atoms with Crippen molar-refractivity contribution < 1.29 is 24.5 Å². The molecule has 2 heterocycles. The molecule has 0 aromatic heterocycles. The van der Waals surface area contributed by atoms with Crippen molar-refractivity contribution >= 4 is 46.3 Å². The van der Waals surface area contributed by atoms with Gasteiger partial charge in [0.25, 0.3) is 17.3 Å². The van der Waals surface area contributed by atoms with Crippen LogP contribution in [0.4, 0.5) is 22.7 Å². The van der Waals surface area contributed by atoms with E-state index < -0.39 is 21.7 Å². The van der Waals surface area contributed by atoms with Gasteiger partial charge in [-0.1, -0.05) is 69.8 Å². The van der Waals surface area contributed by atoms with Crippen LogP contribution < -0.4 is 9.80 Å². The minimum absolute atomic E-state index is 0. The number of anilines is 2. The second-order valence-corrected chi connectivity index (χ2v) is 11.1. The Morgan fingerprint density at radius 3 is 1.76 bits per heavy atom. The van der Waals surface area contributed by atoms with E-state index in [4.69, 9.17) is 10.5 Å². The van der Waals surface area contributed by atoms with Crippen molar-refractivity contribution in [2.75, 3.05) is 22.9 Å². The van der Waals surface area contributed by atoms with Gasteiger partial charge in [-0.15, -0.1) is 0 Å². The summed E-state index contributed by atoms with van der Waals surface area (Å²) in [6.07, 6.45) is 3.42. The number of amidine groups is 2. The maximum absolute atomic E-state index is 12.4. The summed E-state index contributed by atoms with van der Waals surface area (Å²) in [7, 11) is 0. The Morgan fingerprint density at radius 1 is 0.740 bits per heavy atom. The van der Waals surface area contributed by atoms with Crippen LogP contribution in [0.15, 0.2) is 102 Å². The Kier molecular flexibility index (Phi) is 13.6. The van der Waals surface area contributed by atoms with Gasteiger partial charge in [0.2, 0.25) is 0 Å². The molecule has 0 fully saturated rings. The largest absolute Gasteiger partial charge is 0.478 e. The van der Waals surface area contributed by atoms with Crippen LogP contribution in [0.25, 0.3) is 0 Å². The average Bonchev–Trinajstić information content (AvgIpc) is 3.61. The minimum atomic E-state index is -1.17. The molecule has 6 rings (SSSR count). The van der Waals surface area contributed by atoms with Crippen molar-refractivity contribution in [3.05, 3.63) is 140 Å². The number of aromatic carboxylic acids is 1. The minimum Gasteiger partial charge on any atom is -0.478 e. The second kappa shape index (κ2) is 17.8. The smallest absolute Gasteiger partial charge is 0.335 e. The molecular formula is C37H40N6O7. The van der Waals surface area contributed by atoms with E-state index in [1.165, 1.54) is 47.6 Å². The third-order valence-electron chi connectivity index (χ3n) is 7.64. The molecule has 2 aliphatic heterocycles. The van der Waals surface area contributed by atoms with Crippen molar-refractivity contribution in [1.82, 2.24) is 0 Å². The van der Waals surface area contributed by atoms with Crippen molar-refractivity contribution in [3.63, 3.8) is 0 Å². The van der Waals surface area contributed by atoms with Crippen molar-refractivity contribution in [3.8, 4) is 0 Å². The van der Waals surface area contributed by atoms with Gasteiger partial charge in [0.1, 0.15) is 11.7 Å². The Balaban J connectivity index is 0.000000220. The summed E-state index contributed by atoms with van der Waals surface area (Å²) in [5.74, 6) is -0.195. The van der Waals surface area contributed by atoms with Crippen LogP contribution >= 0.6 is 0 Å². The number of amides is 1. The van der Waals surface area contributed by atoms with Crippen LogP contribution in [0.3, 0.4) is 0 Å². The van der Waals surface area contributed by atoms with Gasteiger partial charge < -0.3 is 14.9 Å². The highest BCUT2D eigenvalue weighted by molar-refractivity contribution is 6.12. The van der Waals surface area contributed by atoms with Crippen LogP contribution in [-0.2, 0) is 12.8 Å². The molecule has 0 unspecified atom stereocenters. The van der Waals surface area contributed by atoms with Gasteiger partial charge in [-0.3, -0.25) is 30.4 Å². The number of rotatable bonds is 8. The van der Waals surface area contributed by atoms with Gasteiger partial charge in [0.05, 0.1) is 15.4 Å². The molecule has 2 aliphatic rings. The first-order chi connectivity index (χ1) is 23.5. The summed E-state index contributed by atoms with van der Waals surface area (Å²) >= 11 is 0. The number of non-ortho nitro benzene ring substituents is 2. The fourth-order valence-electron chi connectivity index (χ4n) is 5.41. The first-order valence-corrected chi connectivity index (χ1v) is 15.7. The number of nitrogens with one attached hydrogen (secondary N) is 1. The Bertz CT molecular complexity index is 1880. The number of carbonyl (C=O) groups excluding carboxylic acids is 1. The van der Waals surface area contributed by atoms with Crippen molar-refractivity contribution in [2.45, 2.75) is 47.0 Å². The summed E-state index contributed by atoms with van der Waals surface area (Å²) < 4.78 is 0. The zero-order valence-corrected chi connectivity index (χ0v) is 27.1. The standard InChI is InChI=1S/C18H17N3O3.C11H14N2.C7H5NO4.CH4/c1-2-10-20-16-9-4-3-6-13(16)12-17(20)19-18(22)14-7-5-8-15(11-14)21(23)24;1-2-7-13-10-6-4-3-5-9(10)8-11(13)12;9-7(10)5-2-1-3-6(4-5)8(11)12;/h3-9,11H,2,10,12H2,1H3;3-6,12H,2,7-8H2,1H3;1-4H,(H,9,10);1H4. The fraction of sp³-hybridized carbons (Fsp3) is 0.243. The van der Waals surface area contributed by atoms with E-state index in [0.29, 0.717) is 12.3 Å². The van der Waals surface area contributed by atoms with E-state index in [9.17, 15) is 29.8 Å². The number of hydrogen-bond donors (Lipinski definition) is 2. The first-order valence-electron chi connectivity index (χ1n) is 15.7. The van der Waals surface area contributed by atoms with Crippen LogP contribution in [0.5, 0.6) is 0 Å². The van der Waals surface area contributed by atoms with Crippen molar-refractivity contribution in [2.24, 2.45) is 4.99 Å². The Morgan fingerprint density at radius 2 is 1.22 bits per heavy atom. The molecule has 2 N–H and O–H groups in total. The summed E-state index contributed by atoms with van der Waals surface area (Å²) in [5, 5.41) is 37.3. The van der Waals surface area contributed by atoms with E-state index in [0.717, 1.165) is 55.5 Å². The van der Waals surface area contributed by atoms with Gasteiger partial charge in [-0.05, 0) is 48.2 Å². The van der Waals surface area contributed by atoms with E-state index in [-0.39, 0.29) is 29.9 Å². The van der Waals surface area contributed by atoms with Crippen LogP contribution in [0, 0.1) is 25.6 Å². The Hall–Kier alpha value is -6.24. The second-order valence-electron chi connectivity index (χ2n) is 11.1. The van der Waals surface area contributed by atoms with Gasteiger partial charge in [0.15, 0.2) is 0 Å². The number of para-hydroxylation sites is 2. The van der Waals surface area contributed by atoms with Gasteiger partial charge in [-0.25, -0.2) is 4.79 Å². The molecule has 50 heavy (non-hydrogen) atoms. The lowest BCUT2D eigenvalue weighted by molar-refractivity contribution is -0.385. The lowest BCUT2D eigenvalue weighted by Crippen LogP contribution is -2.28. The quantitative estimate of drug-likeness (QED) is 0.138. The SMILES string of the molecule is C.CCCN1C(=N)Cc2ccccc21.CCCN1C(=NC(=O)c2cccc([N+](=O)[O-])c2)Cc2ccccc21.O=C(O)c1cccc([N+](=O)[O-])c1. The number of fused-ring (bicyclic) bond motifs is 2. The molecule has 0 saturated heterocycles. The monoisotopic (exact) mass is 680 g/mol. The number of aliphatic imine (C=N–C) groups is 1. The predicted molar refractivity (Wildman–Crippen MR) is 195 cm³/mol. The highest BCUT2D eigenvalue weighted by atomic mass is 16.6. The third kappa shape index (κ3) is 9.43. The third-order valence-corrected chi connectivity index (χ3v) is 7.64. The average molecular weight is 681 g/mol. The summed E-state index contributed by atoms with van der Waals surface area (Å²) in [6, 6.07) is 26.8. The highest BCUT2D eigenvalue weighted by Crippen LogP contribution is 2.30. The molecular weight excluding hydrogens is 640 g/mol. The molecule has 13 nitrogen and oxygen atoms in total. The topological polar surface area (TPSA) is 183 Å². The number of hydrogen-bond acceptors (Lipinski definition) is 7. The molecule has 0 spiro atoms. The number of benzene rings is 4. The fourth-order valence-corrected chi connectivity index (χ4v) is 5.41. The molecule has 0 atom stereocenters. The van der Waals surface area contributed by atoms with Crippen LogP contribution in [0.1, 0.15) is 66.0 Å². The summed E-state index contributed by atoms with van der Waals surface area (Å²) in [6.45, 7) is 5.96. The van der Waals surface area contributed by atoms with E-state index in [1.807, 2.05) is 41.3 Å². The molecule has 4 aromatic carbocycles. The maximum atomic E-state index is 12.4. The molecule has 0 bridgehead atoms. The van der Waals surface area contributed by atoms with Gasteiger partial charge in [0, 0.05) is 67.1 Å². The number of carbonyl (C=O) groups is 2. The van der Waals surface area contributed by atoms with Gasteiger partial charge in [-0.2, -0.15) is 4.99 Å². The molecule has 0 radical (unpaired) electrons. The Labute approximate surface area is 290 Å². The van der Waals surface area contributed by atoms with Crippen LogP contribution in [0.2, 0.25) is 0 Å². The van der Waals surface area contributed by atoms with E-state index >= 15 is 0 Å².